The van der Waals surface area contributed by atoms with E-state index in [-0.39, 0.29) is 12.5 Å². The van der Waals surface area contributed by atoms with E-state index >= 15 is 0 Å². The topological polar surface area (TPSA) is 76.7 Å². The van der Waals surface area contributed by atoms with Crippen LogP contribution < -0.4 is 15.4 Å². The van der Waals surface area contributed by atoms with Gasteiger partial charge in [-0.05, 0) is 49.9 Å². The quantitative estimate of drug-likeness (QED) is 0.520. The first-order valence-electron chi connectivity index (χ1n) is 9.48. The van der Waals surface area contributed by atoms with Gasteiger partial charge in [0.25, 0.3) is 5.91 Å². The van der Waals surface area contributed by atoms with Crippen molar-refractivity contribution in [3.05, 3.63) is 29.8 Å². The zero-order valence-electron chi connectivity index (χ0n) is 15.6. The molecule has 0 radical (unpaired) electrons. The van der Waals surface area contributed by atoms with Gasteiger partial charge in [0.05, 0.1) is 6.61 Å². The molecule has 0 bridgehead atoms. The molecular formula is C20H30N2O4. The second kappa shape index (κ2) is 11.5. The highest BCUT2D eigenvalue weighted by molar-refractivity contribution is 5.79. The summed E-state index contributed by atoms with van der Waals surface area (Å²) in [6, 6.07) is 8.80. The maximum atomic E-state index is 11.4. The van der Waals surface area contributed by atoms with Gasteiger partial charge in [-0.25, -0.2) is 0 Å². The molecule has 144 valence electrons. The van der Waals surface area contributed by atoms with Gasteiger partial charge in [-0.2, -0.15) is 0 Å². The highest BCUT2D eigenvalue weighted by Gasteiger charge is 2.12. The Labute approximate surface area is 155 Å². The van der Waals surface area contributed by atoms with Gasteiger partial charge in [0.2, 0.25) is 0 Å². The molecule has 1 fully saturated rings. The van der Waals surface area contributed by atoms with Crippen molar-refractivity contribution >= 4 is 11.9 Å². The number of hydrogen-bond acceptors (Lipinski definition) is 5. The summed E-state index contributed by atoms with van der Waals surface area (Å²) in [6.07, 6.45) is 6.86. The average Bonchev–Trinajstić information content (AvgIpc) is 2.89. The lowest BCUT2D eigenvalue weighted by molar-refractivity contribution is -0.146. The van der Waals surface area contributed by atoms with Crippen LogP contribution >= 0.6 is 0 Å². The van der Waals surface area contributed by atoms with Crippen LogP contribution in [-0.4, -0.2) is 44.2 Å². The molecule has 1 aromatic carbocycles. The SMILES string of the molecule is CC(=O)OCC(=O)NCCCOc1cccc(CC2CCCCCN2)c1. The Hall–Kier alpha value is -2.08. The molecule has 6 heteroatoms. The summed E-state index contributed by atoms with van der Waals surface area (Å²) in [5.41, 5.74) is 1.29. The second-order valence-electron chi connectivity index (χ2n) is 6.68. The number of amides is 1. The van der Waals surface area contributed by atoms with Crippen molar-refractivity contribution < 1.29 is 19.1 Å². The van der Waals surface area contributed by atoms with Crippen molar-refractivity contribution in [2.45, 2.75) is 51.5 Å². The maximum Gasteiger partial charge on any atom is 0.303 e. The van der Waals surface area contributed by atoms with Crippen molar-refractivity contribution in [2.24, 2.45) is 0 Å². The van der Waals surface area contributed by atoms with E-state index < -0.39 is 5.97 Å². The summed E-state index contributed by atoms with van der Waals surface area (Å²) in [4.78, 5) is 22.0. The lowest BCUT2D eigenvalue weighted by Gasteiger charge is -2.16. The first kappa shape index (κ1) is 20.2. The van der Waals surface area contributed by atoms with Crippen LogP contribution in [0.25, 0.3) is 0 Å². The van der Waals surface area contributed by atoms with E-state index in [1.54, 1.807) is 0 Å². The fraction of sp³-hybridized carbons (Fsp3) is 0.600. The van der Waals surface area contributed by atoms with Crippen LogP contribution in [0.15, 0.2) is 24.3 Å². The number of benzene rings is 1. The Kier molecular flexibility index (Phi) is 8.96. The first-order chi connectivity index (χ1) is 12.6. The summed E-state index contributed by atoms with van der Waals surface area (Å²) < 4.78 is 10.4. The highest BCUT2D eigenvalue weighted by Crippen LogP contribution is 2.18. The van der Waals surface area contributed by atoms with Gasteiger partial charge in [-0.3, -0.25) is 9.59 Å². The Morgan fingerprint density at radius 1 is 1.27 bits per heavy atom. The predicted molar refractivity (Wildman–Crippen MR) is 100 cm³/mol. The Morgan fingerprint density at radius 2 is 2.15 bits per heavy atom. The Morgan fingerprint density at radius 3 is 3.00 bits per heavy atom. The van der Waals surface area contributed by atoms with Gasteiger partial charge in [-0.15, -0.1) is 0 Å². The fourth-order valence-corrected chi connectivity index (χ4v) is 3.03. The summed E-state index contributed by atoms with van der Waals surface area (Å²) in [7, 11) is 0. The van der Waals surface area contributed by atoms with Crippen molar-refractivity contribution in [2.75, 3.05) is 26.3 Å². The largest absolute Gasteiger partial charge is 0.494 e. The van der Waals surface area contributed by atoms with Crippen molar-refractivity contribution in [1.29, 1.82) is 0 Å². The molecule has 0 aliphatic carbocycles. The minimum Gasteiger partial charge on any atom is -0.494 e. The van der Waals surface area contributed by atoms with Crippen LogP contribution in [0.2, 0.25) is 0 Å². The molecule has 1 atom stereocenters. The van der Waals surface area contributed by atoms with Crippen LogP contribution in [0.5, 0.6) is 5.75 Å². The number of nitrogens with one attached hydrogen (secondary N) is 2. The van der Waals surface area contributed by atoms with Crippen LogP contribution in [0.1, 0.15) is 44.6 Å². The molecule has 1 aliphatic rings. The number of rotatable bonds is 9. The lowest BCUT2D eigenvalue weighted by atomic mass is 10.0. The van der Waals surface area contributed by atoms with Crippen LogP contribution in [0.4, 0.5) is 0 Å². The number of ether oxygens (including phenoxy) is 2. The number of hydrogen-bond donors (Lipinski definition) is 2. The minimum atomic E-state index is -0.456. The third-order valence-corrected chi connectivity index (χ3v) is 4.36. The normalized spacial score (nSPS) is 17.2. The molecule has 0 aromatic heterocycles. The highest BCUT2D eigenvalue weighted by atomic mass is 16.5. The van der Waals surface area contributed by atoms with Crippen molar-refractivity contribution in [3.8, 4) is 5.75 Å². The molecule has 2 rings (SSSR count). The third kappa shape index (κ3) is 8.34. The van der Waals surface area contributed by atoms with E-state index in [9.17, 15) is 9.59 Å². The molecule has 1 unspecified atom stereocenters. The number of carbonyl (C=O) groups excluding carboxylic acids is 2. The second-order valence-corrected chi connectivity index (χ2v) is 6.68. The molecular weight excluding hydrogens is 332 g/mol. The van der Waals surface area contributed by atoms with E-state index in [2.05, 4.69) is 27.5 Å². The van der Waals surface area contributed by atoms with Gasteiger partial charge in [0, 0.05) is 19.5 Å². The minimum absolute atomic E-state index is 0.229. The van der Waals surface area contributed by atoms with Gasteiger partial charge >= 0.3 is 5.97 Å². The molecule has 6 nitrogen and oxygen atoms in total. The summed E-state index contributed by atoms with van der Waals surface area (Å²) in [5, 5.41) is 6.32. The number of esters is 1. The summed E-state index contributed by atoms with van der Waals surface area (Å²) >= 11 is 0. The van der Waals surface area contributed by atoms with Gasteiger partial charge < -0.3 is 20.1 Å². The Balaban J connectivity index is 1.65. The smallest absolute Gasteiger partial charge is 0.303 e. The predicted octanol–water partition coefficient (Wildman–Crippen LogP) is 2.21. The van der Waals surface area contributed by atoms with Gasteiger partial charge in [0.1, 0.15) is 5.75 Å². The van der Waals surface area contributed by atoms with E-state index in [1.807, 2.05) is 12.1 Å². The van der Waals surface area contributed by atoms with Crippen LogP contribution in [0, 0.1) is 0 Å². The summed E-state index contributed by atoms with van der Waals surface area (Å²) in [6.45, 7) is 3.18. The van der Waals surface area contributed by atoms with Crippen LogP contribution in [0.3, 0.4) is 0 Å². The van der Waals surface area contributed by atoms with Gasteiger partial charge in [-0.1, -0.05) is 25.0 Å². The average molecular weight is 362 g/mol. The lowest BCUT2D eigenvalue weighted by Crippen LogP contribution is -2.30. The zero-order chi connectivity index (χ0) is 18.6. The zero-order valence-corrected chi connectivity index (χ0v) is 15.6. The number of carbonyl (C=O) groups is 2. The third-order valence-electron chi connectivity index (χ3n) is 4.36. The molecule has 1 heterocycles. The van der Waals surface area contributed by atoms with E-state index in [1.165, 1.54) is 38.2 Å². The molecule has 2 N–H and O–H groups in total. The monoisotopic (exact) mass is 362 g/mol. The molecule has 1 amide bonds. The van der Waals surface area contributed by atoms with E-state index in [0.29, 0.717) is 25.6 Å². The van der Waals surface area contributed by atoms with Crippen LogP contribution in [-0.2, 0) is 20.7 Å². The first-order valence-corrected chi connectivity index (χ1v) is 9.48. The van der Waals surface area contributed by atoms with Crippen molar-refractivity contribution in [1.82, 2.24) is 10.6 Å². The summed E-state index contributed by atoms with van der Waals surface area (Å²) in [5.74, 6) is 0.114. The molecule has 0 saturated carbocycles. The van der Waals surface area contributed by atoms with E-state index in [0.717, 1.165) is 18.7 Å². The van der Waals surface area contributed by atoms with E-state index in [4.69, 9.17) is 4.74 Å². The molecule has 1 saturated heterocycles. The Bertz CT molecular complexity index is 569. The molecule has 1 aliphatic heterocycles. The molecule has 26 heavy (non-hydrogen) atoms. The van der Waals surface area contributed by atoms with Gasteiger partial charge in [0.15, 0.2) is 6.61 Å². The maximum absolute atomic E-state index is 11.4. The standard InChI is InChI=1S/C20H30N2O4/c1-16(23)26-15-20(24)22-11-6-12-25-19-9-5-7-17(14-19)13-18-8-3-2-4-10-21-18/h5,7,9,14,18,21H,2-4,6,8,10-13,15H2,1H3,(H,22,24). The molecule has 0 spiro atoms. The van der Waals surface area contributed by atoms with Crippen molar-refractivity contribution in [3.63, 3.8) is 0 Å². The molecule has 1 aromatic rings. The fourth-order valence-electron chi connectivity index (χ4n) is 3.03.